The first kappa shape index (κ1) is 20.2. The van der Waals surface area contributed by atoms with Gasteiger partial charge in [-0.15, -0.1) is 0 Å². The summed E-state index contributed by atoms with van der Waals surface area (Å²) in [7, 11) is -4.15. The van der Waals surface area contributed by atoms with Crippen molar-refractivity contribution in [3.8, 4) is 11.3 Å². The lowest BCUT2D eigenvalue weighted by molar-refractivity contribution is 0.582. The molecule has 0 spiro atoms. The number of hydrogen-bond donors (Lipinski definition) is 2. The number of halogens is 2. The number of aromatic amines is 1. The molecule has 30 heavy (non-hydrogen) atoms. The van der Waals surface area contributed by atoms with E-state index < -0.39 is 21.7 Å². The van der Waals surface area contributed by atoms with Crippen LogP contribution < -0.4 is 10.3 Å². The zero-order valence-electron chi connectivity index (χ0n) is 16.1. The summed E-state index contributed by atoms with van der Waals surface area (Å²) in [5.74, 6) is -1.81. The van der Waals surface area contributed by atoms with Crippen LogP contribution in [0.4, 0.5) is 14.5 Å². The van der Waals surface area contributed by atoms with Crippen LogP contribution in [0.1, 0.15) is 29.5 Å². The lowest BCUT2D eigenvalue weighted by atomic mass is 9.90. The normalized spacial score (nSPS) is 13.7. The first-order valence-corrected chi connectivity index (χ1v) is 10.9. The van der Waals surface area contributed by atoms with E-state index in [0.29, 0.717) is 41.3 Å². The van der Waals surface area contributed by atoms with Crippen molar-refractivity contribution in [2.75, 3.05) is 4.72 Å². The van der Waals surface area contributed by atoms with Gasteiger partial charge >= 0.3 is 0 Å². The van der Waals surface area contributed by atoms with Crippen LogP contribution in [-0.2, 0) is 22.9 Å². The van der Waals surface area contributed by atoms with Gasteiger partial charge in [-0.05, 0) is 61.9 Å². The molecule has 0 amide bonds. The summed E-state index contributed by atoms with van der Waals surface area (Å²) in [5, 5.41) is 6.66. The monoisotopic (exact) mass is 431 g/mol. The van der Waals surface area contributed by atoms with E-state index in [0.717, 1.165) is 30.5 Å². The highest BCUT2D eigenvalue weighted by atomic mass is 32.2. The number of rotatable bonds is 4. The van der Waals surface area contributed by atoms with Crippen molar-refractivity contribution in [1.29, 1.82) is 0 Å². The third-order valence-corrected chi connectivity index (χ3v) is 6.73. The number of sulfonamides is 1. The third-order valence-electron chi connectivity index (χ3n) is 5.22. The summed E-state index contributed by atoms with van der Waals surface area (Å²) in [6.45, 7) is 1.62. The second-order valence-corrected chi connectivity index (χ2v) is 8.93. The Labute approximate surface area is 172 Å². The van der Waals surface area contributed by atoms with Crippen LogP contribution in [0.3, 0.4) is 0 Å². The van der Waals surface area contributed by atoms with Crippen molar-refractivity contribution in [2.45, 2.75) is 37.5 Å². The Bertz CT molecular complexity index is 1300. The standard InChI is InChI=1S/C21H19F2N3O3S/c1-12-6-7-13(20-15-4-2-3-5-16(15)21(27)25-24-20)10-19(12)30(28,29)26-18-9-8-14(22)11-17(18)23/h6-11,26H,2-5H2,1H3,(H,25,27). The third kappa shape index (κ3) is 3.72. The molecule has 9 heteroatoms. The number of nitrogens with zero attached hydrogens (tertiary/aromatic N) is 1. The molecule has 0 saturated carbocycles. The second-order valence-electron chi connectivity index (χ2n) is 7.28. The number of nitrogens with one attached hydrogen (secondary N) is 2. The molecule has 1 aliphatic carbocycles. The molecule has 156 valence electrons. The molecule has 1 aliphatic rings. The van der Waals surface area contributed by atoms with Gasteiger partial charge in [0.15, 0.2) is 0 Å². The number of H-pyrrole nitrogens is 1. The van der Waals surface area contributed by atoms with Gasteiger partial charge in [-0.2, -0.15) is 5.10 Å². The molecular formula is C21H19F2N3O3S. The van der Waals surface area contributed by atoms with Crippen molar-refractivity contribution in [1.82, 2.24) is 10.2 Å². The molecule has 0 saturated heterocycles. The summed E-state index contributed by atoms with van der Waals surface area (Å²) in [6.07, 6.45) is 3.19. The predicted octanol–water partition coefficient (Wildman–Crippen LogP) is 3.70. The average Bonchev–Trinajstić information content (AvgIpc) is 2.71. The lowest BCUT2D eigenvalue weighted by Crippen LogP contribution is -2.21. The average molecular weight is 431 g/mol. The number of aryl methyl sites for hydroxylation is 1. The molecule has 0 bridgehead atoms. The maximum atomic E-state index is 14.0. The van der Waals surface area contributed by atoms with Crippen LogP contribution in [-0.4, -0.2) is 18.6 Å². The fourth-order valence-electron chi connectivity index (χ4n) is 3.71. The number of hydrogen-bond acceptors (Lipinski definition) is 4. The molecular weight excluding hydrogens is 412 g/mol. The quantitative estimate of drug-likeness (QED) is 0.659. The van der Waals surface area contributed by atoms with Crippen LogP contribution >= 0.6 is 0 Å². The zero-order valence-corrected chi connectivity index (χ0v) is 16.9. The zero-order chi connectivity index (χ0) is 21.5. The Morgan fingerprint density at radius 2 is 1.77 bits per heavy atom. The molecule has 6 nitrogen and oxygen atoms in total. The molecule has 3 aromatic rings. The molecule has 2 aromatic carbocycles. The van der Waals surface area contributed by atoms with Crippen molar-refractivity contribution in [2.24, 2.45) is 0 Å². The van der Waals surface area contributed by atoms with Gasteiger partial charge in [-0.3, -0.25) is 9.52 Å². The van der Waals surface area contributed by atoms with Gasteiger partial charge in [0.1, 0.15) is 11.6 Å². The Balaban J connectivity index is 1.78. The Morgan fingerprint density at radius 1 is 1.03 bits per heavy atom. The van der Waals surface area contributed by atoms with Crippen LogP contribution in [0.15, 0.2) is 46.1 Å². The minimum atomic E-state index is -4.15. The number of benzene rings is 2. The highest BCUT2D eigenvalue weighted by molar-refractivity contribution is 7.92. The minimum absolute atomic E-state index is 0.0544. The molecule has 0 atom stereocenters. The van der Waals surface area contributed by atoms with Crippen LogP contribution in [0.2, 0.25) is 0 Å². The first-order chi connectivity index (χ1) is 14.3. The van der Waals surface area contributed by atoms with Crippen molar-refractivity contribution < 1.29 is 17.2 Å². The van der Waals surface area contributed by atoms with E-state index in [4.69, 9.17) is 0 Å². The summed E-state index contributed by atoms with van der Waals surface area (Å²) >= 11 is 0. The van der Waals surface area contributed by atoms with Gasteiger partial charge < -0.3 is 0 Å². The van der Waals surface area contributed by atoms with E-state index in [2.05, 4.69) is 14.9 Å². The minimum Gasteiger partial charge on any atom is -0.277 e. The molecule has 0 radical (unpaired) electrons. The summed E-state index contributed by atoms with van der Waals surface area (Å²) in [5.41, 5.74) is 2.47. The SMILES string of the molecule is Cc1ccc(-c2n[nH]c(=O)c3c2CCCC3)cc1S(=O)(=O)Nc1ccc(F)cc1F. The smallest absolute Gasteiger partial charge is 0.267 e. The summed E-state index contributed by atoms with van der Waals surface area (Å²) in [4.78, 5) is 12.0. The maximum absolute atomic E-state index is 14.0. The van der Waals surface area contributed by atoms with Gasteiger partial charge in [-0.1, -0.05) is 12.1 Å². The Hall–Kier alpha value is -3.07. The van der Waals surface area contributed by atoms with E-state index in [-0.39, 0.29) is 16.1 Å². The highest BCUT2D eigenvalue weighted by Crippen LogP contribution is 2.31. The molecule has 0 fully saturated rings. The fraction of sp³-hybridized carbons (Fsp3) is 0.238. The van der Waals surface area contributed by atoms with Gasteiger partial charge in [0.2, 0.25) is 0 Å². The Kier molecular flexibility index (Phi) is 5.15. The molecule has 4 rings (SSSR count). The van der Waals surface area contributed by atoms with Gasteiger partial charge in [0.25, 0.3) is 15.6 Å². The molecule has 1 heterocycles. The highest BCUT2D eigenvalue weighted by Gasteiger charge is 2.23. The summed E-state index contributed by atoms with van der Waals surface area (Å²) in [6, 6.07) is 7.43. The molecule has 2 N–H and O–H groups in total. The van der Waals surface area contributed by atoms with Crippen LogP contribution in [0.25, 0.3) is 11.3 Å². The van der Waals surface area contributed by atoms with Crippen LogP contribution in [0, 0.1) is 18.6 Å². The van der Waals surface area contributed by atoms with Gasteiger partial charge in [0.05, 0.1) is 16.3 Å². The van der Waals surface area contributed by atoms with E-state index in [1.165, 1.54) is 6.07 Å². The van der Waals surface area contributed by atoms with E-state index in [1.54, 1.807) is 19.1 Å². The van der Waals surface area contributed by atoms with E-state index in [1.807, 2.05) is 0 Å². The molecule has 1 aromatic heterocycles. The first-order valence-electron chi connectivity index (χ1n) is 9.45. The number of aromatic nitrogens is 2. The van der Waals surface area contributed by atoms with Crippen molar-refractivity contribution in [3.63, 3.8) is 0 Å². The van der Waals surface area contributed by atoms with Crippen molar-refractivity contribution in [3.05, 3.63) is 75.1 Å². The topological polar surface area (TPSA) is 91.9 Å². The Morgan fingerprint density at radius 3 is 2.50 bits per heavy atom. The molecule has 0 aliphatic heterocycles. The van der Waals surface area contributed by atoms with Crippen LogP contribution in [0.5, 0.6) is 0 Å². The number of fused-ring (bicyclic) bond motifs is 1. The largest absolute Gasteiger partial charge is 0.277 e. The van der Waals surface area contributed by atoms with Gasteiger partial charge in [0, 0.05) is 17.2 Å². The maximum Gasteiger partial charge on any atom is 0.267 e. The lowest BCUT2D eigenvalue weighted by Gasteiger charge is -2.18. The van der Waals surface area contributed by atoms with E-state index >= 15 is 0 Å². The second kappa shape index (κ2) is 7.64. The fourth-order valence-corrected chi connectivity index (χ4v) is 5.05. The molecule has 0 unspecified atom stereocenters. The summed E-state index contributed by atoms with van der Waals surface area (Å²) < 4.78 is 55.1. The van der Waals surface area contributed by atoms with E-state index in [9.17, 15) is 22.0 Å². The predicted molar refractivity (Wildman–Crippen MR) is 109 cm³/mol. The van der Waals surface area contributed by atoms with Gasteiger partial charge in [-0.25, -0.2) is 22.3 Å². The number of anilines is 1. The van der Waals surface area contributed by atoms with Crippen molar-refractivity contribution >= 4 is 15.7 Å².